The fraction of sp³-hybridized carbons (Fsp3) is 0.562. The highest BCUT2D eigenvalue weighted by atomic mass is 32.2. The Bertz CT molecular complexity index is 607. The van der Waals surface area contributed by atoms with Crippen molar-refractivity contribution in [3.8, 4) is 0 Å². The van der Waals surface area contributed by atoms with E-state index in [4.69, 9.17) is 4.74 Å². The summed E-state index contributed by atoms with van der Waals surface area (Å²) in [5, 5.41) is 6.22. The first kappa shape index (κ1) is 17.9. The highest BCUT2D eigenvalue weighted by Gasteiger charge is 2.16. The van der Waals surface area contributed by atoms with Gasteiger partial charge in [0, 0.05) is 19.2 Å². The van der Waals surface area contributed by atoms with Crippen molar-refractivity contribution in [2.45, 2.75) is 17.7 Å². The lowest BCUT2D eigenvalue weighted by Crippen LogP contribution is -2.38. The molecule has 0 bridgehead atoms. The third-order valence-corrected chi connectivity index (χ3v) is 5.68. The van der Waals surface area contributed by atoms with Gasteiger partial charge in [0.1, 0.15) is 0 Å². The number of piperidine rings is 1. The summed E-state index contributed by atoms with van der Waals surface area (Å²) in [5.74, 6) is 0.224. The number of sulfone groups is 1. The molecule has 1 amide bonds. The van der Waals surface area contributed by atoms with E-state index in [2.05, 4.69) is 10.6 Å². The second-order valence-electron chi connectivity index (χ2n) is 5.76. The van der Waals surface area contributed by atoms with E-state index in [1.807, 2.05) is 0 Å². The van der Waals surface area contributed by atoms with Gasteiger partial charge in [0.05, 0.1) is 17.3 Å². The van der Waals surface area contributed by atoms with Gasteiger partial charge >= 0.3 is 0 Å². The van der Waals surface area contributed by atoms with Crippen LogP contribution in [0.4, 0.5) is 0 Å². The zero-order valence-electron chi connectivity index (χ0n) is 13.4. The van der Waals surface area contributed by atoms with Crippen molar-refractivity contribution in [3.05, 3.63) is 29.8 Å². The highest BCUT2D eigenvalue weighted by Crippen LogP contribution is 2.13. The SMILES string of the molecule is COCCS(=O)(=O)c1ccc(C(=O)NCC2CCCNC2)cc1. The summed E-state index contributed by atoms with van der Waals surface area (Å²) in [7, 11) is -1.90. The summed E-state index contributed by atoms with van der Waals surface area (Å²) >= 11 is 0. The Morgan fingerprint density at radius 1 is 1.35 bits per heavy atom. The van der Waals surface area contributed by atoms with Crippen LogP contribution in [0.5, 0.6) is 0 Å². The molecule has 1 saturated heterocycles. The Hall–Kier alpha value is -1.44. The van der Waals surface area contributed by atoms with Crippen LogP contribution >= 0.6 is 0 Å². The summed E-state index contributed by atoms with van der Waals surface area (Å²) in [6.45, 7) is 2.76. The molecule has 1 atom stereocenters. The molecule has 0 spiro atoms. The van der Waals surface area contributed by atoms with Gasteiger partial charge in [-0.25, -0.2) is 8.42 Å². The molecule has 1 fully saturated rings. The number of ether oxygens (including phenoxy) is 1. The number of amides is 1. The topological polar surface area (TPSA) is 84.5 Å². The van der Waals surface area contributed by atoms with E-state index in [9.17, 15) is 13.2 Å². The lowest BCUT2D eigenvalue weighted by atomic mass is 10.00. The lowest BCUT2D eigenvalue weighted by Gasteiger charge is -2.22. The summed E-state index contributed by atoms with van der Waals surface area (Å²) < 4.78 is 28.8. The maximum atomic E-state index is 12.1. The Morgan fingerprint density at radius 2 is 2.09 bits per heavy atom. The number of hydrogen-bond donors (Lipinski definition) is 2. The number of rotatable bonds is 7. The Balaban J connectivity index is 1.91. The van der Waals surface area contributed by atoms with Crippen LogP contribution in [0.25, 0.3) is 0 Å². The minimum atomic E-state index is -3.36. The number of nitrogens with one attached hydrogen (secondary N) is 2. The van der Waals surface area contributed by atoms with Crippen molar-refractivity contribution in [1.29, 1.82) is 0 Å². The first-order valence-electron chi connectivity index (χ1n) is 7.83. The van der Waals surface area contributed by atoms with Gasteiger partial charge in [0.2, 0.25) is 0 Å². The minimum Gasteiger partial charge on any atom is -0.384 e. The van der Waals surface area contributed by atoms with E-state index in [1.165, 1.54) is 19.2 Å². The molecule has 1 aromatic carbocycles. The summed E-state index contributed by atoms with van der Waals surface area (Å²) in [4.78, 5) is 12.3. The van der Waals surface area contributed by atoms with E-state index in [0.717, 1.165) is 25.9 Å². The molecule has 1 heterocycles. The molecule has 0 radical (unpaired) electrons. The van der Waals surface area contributed by atoms with E-state index < -0.39 is 9.84 Å². The van der Waals surface area contributed by atoms with Gasteiger partial charge in [0.25, 0.3) is 5.91 Å². The largest absolute Gasteiger partial charge is 0.384 e. The van der Waals surface area contributed by atoms with Crippen LogP contribution in [0, 0.1) is 5.92 Å². The van der Waals surface area contributed by atoms with Gasteiger partial charge in [-0.3, -0.25) is 4.79 Å². The molecular formula is C16H24N2O4S. The maximum Gasteiger partial charge on any atom is 0.251 e. The Kier molecular flexibility index (Phi) is 6.56. The average Bonchev–Trinajstić information content (AvgIpc) is 2.59. The number of carbonyl (C=O) groups excluding carboxylic acids is 1. The van der Waals surface area contributed by atoms with Crippen molar-refractivity contribution >= 4 is 15.7 Å². The molecule has 1 aromatic rings. The highest BCUT2D eigenvalue weighted by molar-refractivity contribution is 7.91. The molecule has 0 aliphatic carbocycles. The predicted molar refractivity (Wildman–Crippen MR) is 88.3 cm³/mol. The number of carbonyl (C=O) groups is 1. The summed E-state index contributed by atoms with van der Waals surface area (Å²) in [5.41, 5.74) is 0.472. The van der Waals surface area contributed by atoms with Crippen LogP contribution in [0.2, 0.25) is 0 Å². The van der Waals surface area contributed by atoms with Crippen LogP contribution in [0.1, 0.15) is 23.2 Å². The molecule has 2 N–H and O–H groups in total. The number of hydrogen-bond acceptors (Lipinski definition) is 5. The fourth-order valence-corrected chi connectivity index (χ4v) is 3.73. The van der Waals surface area contributed by atoms with Crippen molar-refractivity contribution in [2.75, 3.05) is 39.1 Å². The quantitative estimate of drug-likeness (QED) is 0.768. The Morgan fingerprint density at radius 3 is 2.70 bits per heavy atom. The third-order valence-electron chi connectivity index (χ3n) is 3.98. The van der Waals surface area contributed by atoms with Crippen LogP contribution < -0.4 is 10.6 Å². The van der Waals surface area contributed by atoms with Crippen LogP contribution in [0.15, 0.2) is 29.2 Å². The molecule has 1 unspecified atom stereocenters. The van der Waals surface area contributed by atoms with Crippen molar-refractivity contribution in [1.82, 2.24) is 10.6 Å². The Labute approximate surface area is 137 Å². The molecule has 0 aromatic heterocycles. The van der Waals surface area contributed by atoms with Gasteiger partial charge in [-0.05, 0) is 56.1 Å². The fourth-order valence-electron chi connectivity index (χ4n) is 2.56. The maximum absolute atomic E-state index is 12.1. The van der Waals surface area contributed by atoms with Crippen LogP contribution in [0.3, 0.4) is 0 Å². The predicted octanol–water partition coefficient (Wildman–Crippen LogP) is 0.836. The molecule has 23 heavy (non-hydrogen) atoms. The van der Waals surface area contributed by atoms with E-state index >= 15 is 0 Å². The molecule has 2 rings (SSSR count). The van der Waals surface area contributed by atoms with Crippen molar-refractivity contribution < 1.29 is 17.9 Å². The van der Waals surface area contributed by atoms with Gasteiger partial charge in [0.15, 0.2) is 9.84 Å². The minimum absolute atomic E-state index is 0.0658. The molecule has 1 aliphatic rings. The van der Waals surface area contributed by atoms with E-state index in [0.29, 0.717) is 18.0 Å². The van der Waals surface area contributed by atoms with Gasteiger partial charge in [-0.1, -0.05) is 0 Å². The zero-order valence-corrected chi connectivity index (χ0v) is 14.2. The number of methoxy groups -OCH3 is 1. The second kappa shape index (κ2) is 8.42. The monoisotopic (exact) mass is 340 g/mol. The van der Waals surface area contributed by atoms with Crippen LogP contribution in [-0.2, 0) is 14.6 Å². The summed E-state index contributed by atoms with van der Waals surface area (Å²) in [6.07, 6.45) is 2.25. The third kappa shape index (κ3) is 5.30. The smallest absolute Gasteiger partial charge is 0.251 e. The summed E-state index contributed by atoms with van der Waals surface area (Å²) in [6, 6.07) is 6.05. The molecule has 128 valence electrons. The van der Waals surface area contributed by atoms with Crippen molar-refractivity contribution in [2.24, 2.45) is 5.92 Å². The van der Waals surface area contributed by atoms with E-state index in [1.54, 1.807) is 12.1 Å². The molecule has 1 aliphatic heterocycles. The van der Waals surface area contributed by atoms with Gasteiger partial charge in [-0.15, -0.1) is 0 Å². The second-order valence-corrected chi connectivity index (χ2v) is 7.87. The van der Waals surface area contributed by atoms with E-state index in [-0.39, 0.29) is 23.2 Å². The molecule has 7 heteroatoms. The zero-order chi connectivity index (χ0) is 16.7. The lowest BCUT2D eigenvalue weighted by molar-refractivity contribution is 0.0944. The molecule has 0 saturated carbocycles. The first-order chi connectivity index (χ1) is 11.0. The molecule has 6 nitrogen and oxygen atoms in total. The standard InChI is InChI=1S/C16H24N2O4S/c1-22-9-10-23(20,21)15-6-4-14(5-7-15)16(19)18-12-13-3-2-8-17-11-13/h4-7,13,17H,2-3,8-12H2,1H3,(H,18,19). The van der Waals surface area contributed by atoms with Gasteiger partial charge in [-0.2, -0.15) is 0 Å². The number of benzene rings is 1. The van der Waals surface area contributed by atoms with Crippen LogP contribution in [-0.4, -0.2) is 53.4 Å². The molecular weight excluding hydrogens is 316 g/mol. The first-order valence-corrected chi connectivity index (χ1v) is 9.49. The normalized spacial score (nSPS) is 18.6. The van der Waals surface area contributed by atoms with Crippen molar-refractivity contribution in [3.63, 3.8) is 0 Å². The van der Waals surface area contributed by atoms with Gasteiger partial charge < -0.3 is 15.4 Å². The average molecular weight is 340 g/mol.